The standard InChI is InChI=1S/C14H17F2NO2/c1-9-6-7-17(8-12(9)19-2)14(18)10-4-3-5-11(15)13(10)16/h3-5,9,12H,6-8H2,1-2H3. The normalized spacial score (nSPS) is 23.5. The van der Waals surface area contributed by atoms with Crippen LogP contribution >= 0.6 is 0 Å². The fraction of sp³-hybridized carbons (Fsp3) is 0.500. The first-order chi connectivity index (χ1) is 9.04. The Hall–Kier alpha value is -1.49. The van der Waals surface area contributed by atoms with Crippen molar-refractivity contribution in [2.45, 2.75) is 19.4 Å². The maximum Gasteiger partial charge on any atom is 0.257 e. The molecule has 1 saturated heterocycles. The van der Waals surface area contributed by atoms with Crippen LogP contribution in [0.5, 0.6) is 0 Å². The summed E-state index contributed by atoms with van der Waals surface area (Å²) in [6.07, 6.45) is 0.732. The van der Waals surface area contributed by atoms with Crippen molar-refractivity contribution < 1.29 is 18.3 Å². The number of likely N-dealkylation sites (tertiary alicyclic amines) is 1. The summed E-state index contributed by atoms with van der Waals surface area (Å²) in [5.74, 6) is -2.21. The first kappa shape index (κ1) is 13.9. The highest BCUT2D eigenvalue weighted by Gasteiger charge is 2.30. The molecule has 1 aromatic rings. The molecule has 0 saturated carbocycles. The number of ether oxygens (including phenoxy) is 1. The lowest BCUT2D eigenvalue weighted by Gasteiger charge is -2.36. The summed E-state index contributed by atoms with van der Waals surface area (Å²) >= 11 is 0. The number of rotatable bonds is 2. The maximum absolute atomic E-state index is 13.6. The molecule has 0 bridgehead atoms. The molecule has 1 aliphatic rings. The highest BCUT2D eigenvalue weighted by Crippen LogP contribution is 2.22. The van der Waals surface area contributed by atoms with Crippen LogP contribution in [0.4, 0.5) is 8.78 Å². The third-order valence-electron chi connectivity index (χ3n) is 3.66. The monoisotopic (exact) mass is 269 g/mol. The molecule has 2 atom stereocenters. The van der Waals surface area contributed by atoms with Crippen molar-refractivity contribution in [2.75, 3.05) is 20.2 Å². The van der Waals surface area contributed by atoms with Crippen LogP contribution in [0, 0.1) is 17.6 Å². The van der Waals surface area contributed by atoms with Crippen LogP contribution in [0.15, 0.2) is 18.2 Å². The summed E-state index contributed by atoms with van der Waals surface area (Å²) in [5, 5.41) is 0. The quantitative estimate of drug-likeness (QED) is 0.825. The molecule has 0 spiro atoms. The van der Waals surface area contributed by atoms with Crippen LogP contribution < -0.4 is 0 Å². The molecule has 104 valence electrons. The van der Waals surface area contributed by atoms with E-state index in [0.29, 0.717) is 19.0 Å². The zero-order chi connectivity index (χ0) is 14.0. The molecule has 0 aromatic heterocycles. The van der Waals surface area contributed by atoms with Crippen molar-refractivity contribution in [2.24, 2.45) is 5.92 Å². The van der Waals surface area contributed by atoms with Crippen LogP contribution in [0.3, 0.4) is 0 Å². The third kappa shape index (κ3) is 2.76. The predicted octanol–water partition coefficient (Wildman–Crippen LogP) is 2.46. The average Bonchev–Trinajstić information content (AvgIpc) is 2.41. The van der Waals surface area contributed by atoms with Crippen molar-refractivity contribution in [1.29, 1.82) is 0 Å². The molecular formula is C14H17F2NO2. The van der Waals surface area contributed by atoms with Crippen molar-refractivity contribution in [1.82, 2.24) is 4.90 Å². The Balaban J connectivity index is 2.18. The van der Waals surface area contributed by atoms with Gasteiger partial charge in [-0.2, -0.15) is 0 Å². The van der Waals surface area contributed by atoms with Gasteiger partial charge in [0.1, 0.15) is 0 Å². The van der Waals surface area contributed by atoms with E-state index in [4.69, 9.17) is 4.74 Å². The van der Waals surface area contributed by atoms with Crippen LogP contribution in [0.1, 0.15) is 23.7 Å². The molecule has 1 fully saturated rings. The summed E-state index contributed by atoms with van der Waals surface area (Å²) in [6.45, 7) is 3.00. The smallest absolute Gasteiger partial charge is 0.257 e. The number of nitrogens with zero attached hydrogens (tertiary/aromatic N) is 1. The Morgan fingerprint density at radius 2 is 2.16 bits per heavy atom. The van der Waals surface area contributed by atoms with E-state index in [9.17, 15) is 13.6 Å². The van der Waals surface area contributed by atoms with Crippen LogP contribution in [0.2, 0.25) is 0 Å². The van der Waals surface area contributed by atoms with E-state index in [1.54, 1.807) is 7.11 Å². The molecule has 1 aliphatic heterocycles. The van der Waals surface area contributed by atoms with Crippen molar-refractivity contribution >= 4 is 5.91 Å². The Morgan fingerprint density at radius 3 is 2.84 bits per heavy atom. The summed E-state index contributed by atoms with van der Waals surface area (Å²) in [4.78, 5) is 13.7. The SMILES string of the molecule is COC1CN(C(=O)c2cccc(F)c2F)CCC1C. The number of piperidine rings is 1. The van der Waals surface area contributed by atoms with E-state index in [-0.39, 0.29) is 11.7 Å². The van der Waals surface area contributed by atoms with Gasteiger partial charge in [0, 0.05) is 20.2 Å². The maximum atomic E-state index is 13.6. The van der Waals surface area contributed by atoms with E-state index >= 15 is 0 Å². The highest BCUT2D eigenvalue weighted by atomic mass is 19.2. The van der Waals surface area contributed by atoms with Gasteiger partial charge in [-0.15, -0.1) is 0 Å². The molecule has 1 heterocycles. The number of hydrogen-bond acceptors (Lipinski definition) is 2. The van der Waals surface area contributed by atoms with Crippen LogP contribution in [-0.2, 0) is 4.74 Å². The summed E-state index contributed by atoms with van der Waals surface area (Å²) in [5.41, 5.74) is -0.218. The minimum Gasteiger partial charge on any atom is -0.379 e. The molecule has 2 rings (SSSR count). The molecular weight excluding hydrogens is 252 g/mol. The molecule has 0 radical (unpaired) electrons. The average molecular weight is 269 g/mol. The molecule has 19 heavy (non-hydrogen) atoms. The van der Waals surface area contributed by atoms with Gasteiger partial charge >= 0.3 is 0 Å². The van der Waals surface area contributed by atoms with Crippen LogP contribution in [-0.4, -0.2) is 37.1 Å². The van der Waals surface area contributed by atoms with E-state index in [2.05, 4.69) is 6.92 Å². The molecule has 0 aliphatic carbocycles. The first-order valence-electron chi connectivity index (χ1n) is 6.30. The molecule has 5 heteroatoms. The molecule has 0 N–H and O–H groups in total. The van der Waals surface area contributed by atoms with E-state index in [1.807, 2.05) is 0 Å². The molecule has 1 amide bonds. The number of carbonyl (C=O) groups excluding carboxylic acids is 1. The van der Waals surface area contributed by atoms with Gasteiger partial charge in [0.2, 0.25) is 0 Å². The van der Waals surface area contributed by atoms with Crippen LogP contribution in [0.25, 0.3) is 0 Å². The minimum absolute atomic E-state index is 0.0608. The van der Waals surface area contributed by atoms with E-state index in [0.717, 1.165) is 12.5 Å². The summed E-state index contributed by atoms with van der Waals surface area (Å²) in [7, 11) is 1.60. The lowest BCUT2D eigenvalue weighted by atomic mass is 9.95. The molecule has 1 aromatic carbocycles. The van der Waals surface area contributed by atoms with Gasteiger partial charge in [0.25, 0.3) is 5.91 Å². The van der Waals surface area contributed by atoms with Gasteiger partial charge in [-0.05, 0) is 24.5 Å². The van der Waals surface area contributed by atoms with Gasteiger partial charge in [0.05, 0.1) is 11.7 Å². The predicted molar refractivity (Wildman–Crippen MR) is 66.8 cm³/mol. The second-order valence-corrected chi connectivity index (χ2v) is 4.89. The van der Waals surface area contributed by atoms with Crippen molar-refractivity contribution in [3.8, 4) is 0 Å². The largest absolute Gasteiger partial charge is 0.379 e. The van der Waals surface area contributed by atoms with Gasteiger partial charge in [0.15, 0.2) is 11.6 Å². The van der Waals surface area contributed by atoms with E-state index in [1.165, 1.54) is 17.0 Å². The lowest BCUT2D eigenvalue weighted by molar-refractivity contribution is -0.00175. The number of benzene rings is 1. The minimum atomic E-state index is -1.08. The third-order valence-corrected chi connectivity index (χ3v) is 3.66. The topological polar surface area (TPSA) is 29.5 Å². The zero-order valence-electron chi connectivity index (χ0n) is 11.0. The Kier molecular flexibility index (Phi) is 4.14. The lowest BCUT2D eigenvalue weighted by Crippen LogP contribution is -2.46. The van der Waals surface area contributed by atoms with Gasteiger partial charge < -0.3 is 9.64 Å². The van der Waals surface area contributed by atoms with Gasteiger partial charge in [-0.3, -0.25) is 4.79 Å². The zero-order valence-corrected chi connectivity index (χ0v) is 11.0. The molecule has 3 nitrogen and oxygen atoms in total. The Bertz CT molecular complexity index is 479. The number of carbonyl (C=O) groups is 1. The summed E-state index contributed by atoms with van der Waals surface area (Å²) < 4.78 is 32.1. The second kappa shape index (κ2) is 5.65. The Morgan fingerprint density at radius 1 is 1.42 bits per heavy atom. The molecule has 2 unspecified atom stereocenters. The number of halogens is 2. The fourth-order valence-corrected chi connectivity index (χ4v) is 2.36. The highest BCUT2D eigenvalue weighted by molar-refractivity contribution is 5.94. The Labute approximate surface area is 111 Å². The second-order valence-electron chi connectivity index (χ2n) is 4.89. The van der Waals surface area contributed by atoms with Crippen molar-refractivity contribution in [3.63, 3.8) is 0 Å². The van der Waals surface area contributed by atoms with Gasteiger partial charge in [-0.1, -0.05) is 13.0 Å². The summed E-state index contributed by atoms with van der Waals surface area (Å²) in [6, 6.07) is 3.65. The number of methoxy groups -OCH3 is 1. The fourth-order valence-electron chi connectivity index (χ4n) is 2.36. The number of hydrogen-bond donors (Lipinski definition) is 0. The number of amides is 1. The van der Waals surface area contributed by atoms with Gasteiger partial charge in [-0.25, -0.2) is 8.78 Å². The van der Waals surface area contributed by atoms with E-state index < -0.39 is 17.5 Å². The first-order valence-corrected chi connectivity index (χ1v) is 6.30. The van der Waals surface area contributed by atoms with Crippen molar-refractivity contribution in [3.05, 3.63) is 35.4 Å².